The number of esters is 1. The molecule has 0 radical (unpaired) electrons. The van der Waals surface area contributed by atoms with Crippen molar-refractivity contribution < 1.29 is 27.9 Å². The van der Waals surface area contributed by atoms with Crippen LogP contribution in [0.4, 0.5) is 5.69 Å². The maximum atomic E-state index is 12.7. The van der Waals surface area contributed by atoms with Gasteiger partial charge in [-0.3, -0.25) is 4.72 Å². The highest BCUT2D eigenvalue weighted by atomic mass is 32.2. The van der Waals surface area contributed by atoms with Crippen LogP contribution in [0.15, 0.2) is 41.3 Å². The van der Waals surface area contributed by atoms with Gasteiger partial charge < -0.3 is 14.6 Å². The second kappa shape index (κ2) is 8.22. The first-order valence-electron chi connectivity index (χ1n) is 8.28. The van der Waals surface area contributed by atoms with Crippen molar-refractivity contribution in [2.45, 2.75) is 32.1 Å². The summed E-state index contributed by atoms with van der Waals surface area (Å²) in [7, 11) is -4.03. The normalized spacial score (nSPS) is 11.1. The lowest BCUT2D eigenvalue weighted by atomic mass is 10.1. The predicted octanol–water partition coefficient (Wildman–Crippen LogP) is 2.03. The lowest BCUT2D eigenvalue weighted by Gasteiger charge is -2.15. The first-order chi connectivity index (χ1) is 12.7. The molecule has 0 saturated heterocycles. The van der Waals surface area contributed by atoms with Crippen molar-refractivity contribution in [3.05, 3.63) is 58.7 Å². The van der Waals surface area contributed by atoms with E-state index in [1.54, 1.807) is 13.8 Å². The quantitative estimate of drug-likeness (QED) is 0.724. The van der Waals surface area contributed by atoms with Gasteiger partial charge in [0, 0.05) is 5.69 Å². The topological polar surface area (TPSA) is 113 Å². The number of carboxylic acid groups (broad SMARTS) is 1. The molecule has 1 N–H and O–H groups in total. The first kappa shape index (κ1) is 20.4. The van der Waals surface area contributed by atoms with Crippen LogP contribution in [0.25, 0.3) is 0 Å². The number of sulfonamides is 1. The van der Waals surface area contributed by atoms with E-state index in [0.29, 0.717) is 29.7 Å². The van der Waals surface area contributed by atoms with Gasteiger partial charge in [0.05, 0.1) is 23.0 Å². The number of nitrogens with one attached hydrogen (secondary N) is 1. The third-order valence-electron chi connectivity index (χ3n) is 3.96. The zero-order valence-electron chi connectivity index (χ0n) is 15.2. The molecule has 8 heteroatoms. The summed E-state index contributed by atoms with van der Waals surface area (Å²) in [5.41, 5.74) is 1.28. The van der Waals surface area contributed by atoms with Crippen molar-refractivity contribution in [3.63, 3.8) is 0 Å². The van der Waals surface area contributed by atoms with Crippen LogP contribution in [-0.2, 0) is 14.8 Å². The molecule has 0 atom stereocenters. The maximum absolute atomic E-state index is 12.7. The lowest BCUT2D eigenvalue weighted by Crippen LogP contribution is -2.24. The summed E-state index contributed by atoms with van der Waals surface area (Å²) in [6.07, 6.45) is 0.702. The van der Waals surface area contributed by atoms with E-state index in [0.717, 1.165) is 6.07 Å². The molecule has 0 aliphatic rings. The zero-order valence-corrected chi connectivity index (χ0v) is 16.1. The van der Waals surface area contributed by atoms with Gasteiger partial charge in [-0.2, -0.15) is 0 Å². The van der Waals surface area contributed by atoms with Gasteiger partial charge in [0.2, 0.25) is 0 Å². The number of aromatic carboxylic acids is 1. The van der Waals surface area contributed by atoms with Crippen LogP contribution >= 0.6 is 0 Å². The minimum absolute atomic E-state index is 0.145. The van der Waals surface area contributed by atoms with Gasteiger partial charge in [-0.1, -0.05) is 6.92 Å². The van der Waals surface area contributed by atoms with Crippen molar-refractivity contribution in [2.75, 3.05) is 11.3 Å². The molecule has 0 amide bonds. The fourth-order valence-corrected chi connectivity index (χ4v) is 3.79. The summed E-state index contributed by atoms with van der Waals surface area (Å²) in [5.74, 6) is -1.94. The SMILES string of the molecule is CCCOC(=O)c1ccc(NS(=O)(=O)c2cc(C(=O)[O-])cc(C)c2C)cc1. The molecular formula is C19H20NO6S-. The molecule has 0 aliphatic heterocycles. The Balaban J connectivity index is 2.29. The number of anilines is 1. The number of carboxylic acids is 1. The smallest absolute Gasteiger partial charge is 0.338 e. The van der Waals surface area contributed by atoms with Gasteiger partial charge in [0.25, 0.3) is 10.0 Å². The van der Waals surface area contributed by atoms with Crippen LogP contribution in [0.1, 0.15) is 45.2 Å². The highest BCUT2D eigenvalue weighted by molar-refractivity contribution is 7.92. The largest absolute Gasteiger partial charge is 0.545 e. The third kappa shape index (κ3) is 4.85. The minimum Gasteiger partial charge on any atom is -0.545 e. The number of aryl methyl sites for hydroxylation is 1. The van der Waals surface area contributed by atoms with E-state index in [1.165, 1.54) is 30.3 Å². The molecule has 7 nitrogen and oxygen atoms in total. The Morgan fingerprint density at radius 3 is 2.26 bits per heavy atom. The number of carbonyl (C=O) groups is 2. The molecule has 0 unspecified atom stereocenters. The Morgan fingerprint density at radius 1 is 1.07 bits per heavy atom. The molecule has 0 aliphatic carbocycles. The van der Waals surface area contributed by atoms with Crippen molar-refractivity contribution in [3.8, 4) is 0 Å². The van der Waals surface area contributed by atoms with E-state index in [2.05, 4.69) is 4.72 Å². The lowest BCUT2D eigenvalue weighted by molar-refractivity contribution is -0.255. The van der Waals surface area contributed by atoms with Crippen LogP contribution in [0.5, 0.6) is 0 Å². The zero-order chi connectivity index (χ0) is 20.2. The molecular weight excluding hydrogens is 370 g/mol. The van der Waals surface area contributed by atoms with Crippen LogP contribution in [-0.4, -0.2) is 27.0 Å². The highest BCUT2D eigenvalue weighted by Gasteiger charge is 2.20. The molecule has 0 aromatic heterocycles. The Morgan fingerprint density at radius 2 is 1.70 bits per heavy atom. The summed E-state index contributed by atoms with van der Waals surface area (Å²) in [6.45, 7) is 5.40. The number of hydrogen-bond acceptors (Lipinski definition) is 6. The van der Waals surface area contributed by atoms with Crippen LogP contribution in [0, 0.1) is 13.8 Å². The van der Waals surface area contributed by atoms with Crippen molar-refractivity contribution in [1.29, 1.82) is 0 Å². The average molecular weight is 390 g/mol. The number of ether oxygens (including phenoxy) is 1. The molecule has 0 fully saturated rings. The second-order valence-corrected chi connectivity index (χ2v) is 7.67. The Labute approximate surface area is 158 Å². The van der Waals surface area contributed by atoms with Crippen molar-refractivity contribution in [2.24, 2.45) is 0 Å². The molecule has 144 valence electrons. The number of rotatable bonds is 7. The fourth-order valence-electron chi connectivity index (χ4n) is 2.39. The Bertz CT molecular complexity index is 964. The summed E-state index contributed by atoms with van der Waals surface area (Å²) in [6, 6.07) is 8.20. The van der Waals surface area contributed by atoms with Gasteiger partial charge in [-0.15, -0.1) is 0 Å². The second-order valence-electron chi connectivity index (χ2n) is 6.02. The molecule has 2 aromatic carbocycles. The molecule has 0 saturated carbocycles. The molecule has 27 heavy (non-hydrogen) atoms. The average Bonchev–Trinajstić information content (AvgIpc) is 2.61. The van der Waals surface area contributed by atoms with E-state index in [9.17, 15) is 23.1 Å². The Hall–Kier alpha value is -2.87. The summed E-state index contributed by atoms with van der Waals surface area (Å²) >= 11 is 0. The number of carbonyl (C=O) groups excluding carboxylic acids is 2. The van der Waals surface area contributed by atoms with Crippen molar-refractivity contribution >= 4 is 27.6 Å². The number of benzene rings is 2. The monoisotopic (exact) mass is 390 g/mol. The minimum atomic E-state index is -4.03. The summed E-state index contributed by atoms with van der Waals surface area (Å²) in [5, 5.41) is 11.1. The predicted molar refractivity (Wildman–Crippen MR) is 98.1 cm³/mol. The van der Waals surface area contributed by atoms with Crippen molar-refractivity contribution in [1.82, 2.24) is 0 Å². The van der Waals surface area contributed by atoms with E-state index in [-0.39, 0.29) is 16.1 Å². The summed E-state index contributed by atoms with van der Waals surface area (Å²) < 4.78 is 32.8. The van der Waals surface area contributed by atoms with Gasteiger partial charge in [-0.25, -0.2) is 13.2 Å². The van der Waals surface area contributed by atoms with E-state index < -0.39 is 22.0 Å². The third-order valence-corrected chi connectivity index (χ3v) is 5.46. The molecule has 0 bridgehead atoms. The fraction of sp³-hybridized carbons (Fsp3) is 0.263. The van der Waals surface area contributed by atoms with E-state index >= 15 is 0 Å². The molecule has 2 rings (SSSR count). The van der Waals surface area contributed by atoms with Gasteiger partial charge in [0.1, 0.15) is 0 Å². The highest BCUT2D eigenvalue weighted by Crippen LogP contribution is 2.24. The van der Waals surface area contributed by atoms with Gasteiger partial charge in [-0.05, 0) is 73.4 Å². The molecule has 2 aromatic rings. The van der Waals surface area contributed by atoms with Gasteiger partial charge in [0.15, 0.2) is 0 Å². The molecule has 0 spiro atoms. The van der Waals surface area contributed by atoms with Gasteiger partial charge >= 0.3 is 5.97 Å². The number of hydrogen-bond donors (Lipinski definition) is 1. The van der Waals surface area contributed by atoms with Crippen LogP contribution < -0.4 is 9.83 Å². The maximum Gasteiger partial charge on any atom is 0.338 e. The standard InChI is InChI=1S/C19H21NO6S/c1-4-9-26-19(23)14-5-7-16(8-6-14)20-27(24,25)17-11-15(18(21)22)10-12(2)13(17)3/h5-8,10-11,20H,4,9H2,1-3H3,(H,21,22)/p-1. The molecule has 0 heterocycles. The summed E-state index contributed by atoms with van der Waals surface area (Å²) in [4.78, 5) is 22.7. The van der Waals surface area contributed by atoms with E-state index in [1.807, 2.05) is 6.92 Å². The van der Waals surface area contributed by atoms with Crippen LogP contribution in [0.2, 0.25) is 0 Å². The Kier molecular flexibility index (Phi) is 6.22. The van der Waals surface area contributed by atoms with Crippen LogP contribution in [0.3, 0.4) is 0 Å². The van der Waals surface area contributed by atoms with E-state index in [4.69, 9.17) is 4.74 Å². The first-order valence-corrected chi connectivity index (χ1v) is 9.76.